The third-order valence-corrected chi connectivity index (χ3v) is 2.99. The Morgan fingerprint density at radius 2 is 1.94 bits per heavy atom. The summed E-state index contributed by atoms with van der Waals surface area (Å²) < 4.78 is 31.0. The zero-order valence-corrected chi connectivity index (χ0v) is 10.2. The number of esters is 1. The minimum Gasteiger partial charge on any atom is -0.465 e. The van der Waals surface area contributed by atoms with E-state index in [2.05, 4.69) is 0 Å². The number of benzene rings is 1. The maximum Gasteiger partial charge on any atom is 0.316 e. The predicted molar refractivity (Wildman–Crippen MR) is 60.6 cm³/mol. The number of rotatable bonds is 4. The Hall–Kier alpha value is -1.45. The summed E-state index contributed by atoms with van der Waals surface area (Å²) in [4.78, 5) is 11.9. The zero-order valence-electron chi connectivity index (χ0n) is 10.2. The molecule has 0 saturated carbocycles. The minimum atomic E-state index is -0.952. The molecule has 17 heavy (non-hydrogen) atoms. The van der Waals surface area contributed by atoms with Crippen LogP contribution in [-0.2, 0) is 14.9 Å². The summed E-state index contributed by atoms with van der Waals surface area (Å²) >= 11 is 0. The molecule has 1 aromatic rings. The van der Waals surface area contributed by atoms with Crippen LogP contribution in [0.25, 0.3) is 0 Å². The number of hydrogen-bond donors (Lipinski definition) is 0. The molecule has 0 aliphatic rings. The molecular formula is C13H16F2O2. The van der Waals surface area contributed by atoms with Gasteiger partial charge in [-0.25, -0.2) is 8.78 Å². The van der Waals surface area contributed by atoms with Gasteiger partial charge in [0.2, 0.25) is 0 Å². The van der Waals surface area contributed by atoms with Gasteiger partial charge in [-0.1, -0.05) is 13.0 Å². The van der Waals surface area contributed by atoms with Crippen LogP contribution in [0.4, 0.5) is 8.78 Å². The number of ether oxygens (including phenoxy) is 1. The van der Waals surface area contributed by atoms with Gasteiger partial charge in [-0.3, -0.25) is 4.79 Å². The number of halogens is 2. The van der Waals surface area contributed by atoms with Crippen molar-refractivity contribution >= 4 is 5.97 Å². The predicted octanol–water partition coefficient (Wildman–Crippen LogP) is 3.20. The van der Waals surface area contributed by atoms with Crippen molar-refractivity contribution in [2.45, 2.75) is 32.6 Å². The fraction of sp³-hybridized carbons (Fsp3) is 0.462. The summed E-state index contributed by atoms with van der Waals surface area (Å²) in [5.74, 6) is -2.30. The van der Waals surface area contributed by atoms with Gasteiger partial charge in [0.05, 0.1) is 12.0 Å². The van der Waals surface area contributed by atoms with Crippen molar-refractivity contribution in [2.24, 2.45) is 0 Å². The summed E-state index contributed by atoms with van der Waals surface area (Å²) in [6, 6.07) is 3.49. The van der Waals surface area contributed by atoms with Crippen molar-refractivity contribution in [3.05, 3.63) is 35.4 Å². The van der Waals surface area contributed by atoms with Crippen LogP contribution in [0.15, 0.2) is 18.2 Å². The topological polar surface area (TPSA) is 26.3 Å². The third kappa shape index (κ3) is 2.62. The molecular weight excluding hydrogens is 226 g/mol. The number of hydrogen-bond acceptors (Lipinski definition) is 2. The largest absolute Gasteiger partial charge is 0.465 e. The van der Waals surface area contributed by atoms with E-state index in [0.717, 1.165) is 12.1 Å². The maximum atomic E-state index is 13.2. The molecule has 0 aliphatic carbocycles. The van der Waals surface area contributed by atoms with Crippen LogP contribution in [0.1, 0.15) is 32.8 Å². The van der Waals surface area contributed by atoms with Gasteiger partial charge in [-0.15, -0.1) is 0 Å². The molecule has 1 aromatic carbocycles. The van der Waals surface area contributed by atoms with Gasteiger partial charge in [0.25, 0.3) is 0 Å². The molecule has 0 radical (unpaired) electrons. The molecule has 94 valence electrons. The van der Waals surface area contributed by atoms with E-state index in [9.17, 15) is 13.6 Å². The normalized spacial score (nSPS) is 14.2. The first-order chi connectivity index (χ1) is 7.95. The van der Waals surface area contributed by atoms with E-state index in [0.29, 0.717) is 12.0 Å². The van der Waals surface area contributed by atoms with Crippen molar-refractivity contribution in [3.63, 3.8) is 0 Å². The van der Waals surface area contributed by atoms with Gasteiger partial charge in [-0.2, -0.15) is 0 Å². The Kier molecular flexibility index (Phi) is 4.21. The standard InChI is InChI=1S/C13H16F2O2/c1-4-13(3,12(16)17-5-2)9-6-7-10(14)11(15)8-9/h6-8H,4-5H2,1-3H3. The second-order valence-corrected chi connectivity index (χ2v) is 4.04. The van der Waals surface area contributed by atoms with Gasteiger partial charge >= 0.3 is 5.97 Å². The van der Waals surface area contributed by atoms with Crippen molar-refractivity contribution in [2.75, 3.05) is 6.61 Å². The molecule has 0 aliphatic heterocycles. The highest BCUT2D eigenvalue weighted by Gasteiger charge is 2.35. The van der Waals surface area contributed by atoms with Crippen LogP contribution in [0.3, 0.4) is 0 Å². The lowest BCUT2D eigenvalue weighted by atomic mass is 9.80. The summed E-state index contributed by atoms with van der Waals surface area (Å²) in [6.45, 7) is 5.44. The summed E-state index contributed by atoms with van der Waals surface area (Å²) in [6.07, 6.45) is 0.455. The van der Waals surface area contributed by atoms with Crippen LogP contribution in [-0.4, -0.2) is 12.6 Å². The van der Waals surface area contributed by atoms with Gasteiger partial charge in [0.1, 0.15) is 0 Å². The minimum absolute atomic E-state index is 0.262. The zero-order chi connectivity index (χ0) is 13.1. The molecule has 1 rings (SSSR count). The number of carbonyl (C=O) groups excluding carboxylic acids is 1. The first-order valence-corrected chi connectivity index (χ1v) is 5.58. The van der Waals surface area contributed by atoms with Gasteiger partial charge in [0, 0.05) is 0 Å². The lowest BCUT2D eigenvalue weighted by Gasteiger charge is -2.26. The molecule has 0 fully saturated rings. The molecule has 0 N–H and O–H groups in total. The van der Waals surface area contributed by atoms with E-state index in [1.165, 1.54) is 6.07 Å². The average molecular weight is 242 g/mol. The second-order valence-electron chi connectivity index (χ2n) is 4.04. The fourth-order valence-corrected chi connectivity index (χ4v) is 1.60. The summed E-state index contributed by atoms with van der Waals surface area (Å²) in [7, 11) is 0. The van der Waals surface area contributed by atoms with E-state index >= 15 is 0 Å². The fourth-order valence-electron chi connectivity index (χ4n) is 1.60. The third-order valence-electron chi connectivity index (χ3n) is 2.99. The van der Waals surface area contributed by atoms with Crippen molar-refractivity contribution in [3.8, 4) is 0 Å². The van der Waals surface area contributed by atoms with Gasteiger partial charge in [0.15, 0.2) is 11.6 Å². The average Bonchev–Trinajstić information content (AvgIpc) is 2.32. The first kappa shape index (κ1) is 13.6. The Morgan fingerprint density at radius 3 is 2.41 bits per heavy atom. The van der Waals surface area contributed by atoms with E-state index in [4.69, 9.17) is 4.74 Å². The molecule has 0 saturated heterocycles. The van der Waals surface area contributed by atoms with Crippen molar-refractivity contribution in [1.82, 2.24) is 0 Å². The van der Waals surface area contributed by atoms with Crippen molar-refractivity contribution in [1.29, 1.82) is 0 Å². The second kappa shape index (κ2) is 5.25. The first-order valence-electron chi connectivity index (χ1n) is 5.58. The lowest BCUT2D eigenvalue weighted by molar-refractivity contribution is -0.149. The van der Waals surface area contributed by atoms with Gasteiger partial charge in [-0.05, 0) is 38.0 Å². The lowest BCUT2D eigenvalue weighted by Crippen LogP contribution is -2.34. The smallest absolute Gasteiger partial charge is 0.316 e. The quantitative estimate of drug-likeness (QED) is 0.758. The highest BCUT2D eigenvalue weighted by Crippen LogP contribution is 2.30. The van der Waals surface area contributed by atoms with E-state index < -0.39 is 23.0 Å². The van der Waals surface area contributed by atoms with Crippen molar-refractivity contribution < 1.29 is 18.3 Å². The Balaban J connectivity index is 3.15. The molecule has 0 aromatic heterocycles. The highest BCUT2D eigenvalue weighted by molar-refractivity contribution is 5.82. The molecule has 0 bridgehead atoms. The molecule has 0 amide bonds. The highest BCUT2D eigenvalue weighted by atomic mass is 19.2. The van der Waals surface area contributed by atoms with Crippen LogP contribution in [0.2, 0.25) is 0 Å². The molecule has 0 spiro atoms. The van der Waals surface area contributed by atoms with Crippen LogP contribution >= 0.6 is 0 Å². The Bertz CT molecular complexity index is 418. The number of carbonyl (C=O) groups is 1. The SMILES string of the molecule is CCOC(=O)C(C)(CC)c1ccc(F)c(F)c1. The van der Waals surface area contributed by atoms with Crippen LogP contribution < -0.4 is 0 Å². The molecule has 4 heteroatoms. The molecule has 2 nitrogen and oxygen atoms in total. The van der Waals surface area contributed by atoms with E-state index in [-0.39, 0.29) is 6.61 Å². The van der Waals surface area contributed by atoms with Crippen LogP contribution in [0, 0.1) is 11.6 Å². The Morgan fingerprint density at radius 1 is 1.29 bits per heavy atom. The molecule has 0 heterocycles. The summed E-state index contributed by atoms with van der Waals surface area (Å²) in [5, 5.41) is 0. The molecule has 1 atom stereocenters. The molecule has 1 unspecified atom stereocenters. The van der Waals surface area contributed by atoms with E-state index in [1.54, 1.807) is 20.8 Å². The monoisotopic (exact) mass is 242 g/mol. The van der Waals surface area contributed by atoms with E-state index in [1.807, 2.05) is 0 Å². The van der Waals surface area contributed by atoms with Crippen LogP contribution in [0.5, 0.6) is 0 Å². The maximum absolute atomic E-state index is 13.2. The van der Waals surface area contributed by atoms with Gasteiger partial charge < -0.3 is 4.74 Å². The Labute approximate surface area is 99.6 Å². The summed E-state index contributed by atoms with van der Waals surface area (Å²) in [5.41, 5.74) is -0.512.